The molecule has 1 aromatic carbocycles. The molecule has 0 saturated carbocycles. The number of aliphatic hydroxyl groups is 1. The second kappa shape index (κ2) is 5.73. The van der Waals surface area contributed by atoms with Crippen molar-refractivity contribution in [1.29, 1.82) is 0 Å². The molecule has 0 atom stereocenters. The van der Waals surface area contributed by atoms with E-state index in [9.17, 15) is 0 Å². The number of hydrogen-bond donors (Lipinski definition) is 2. The molecule has 0 unspecified atom stereocenters. The second-order valence-electron chi connectivity index (χ2n) is 3.81. The van der Waals surface area contributed by atoms with Gasteiger partial charge in [-0.2, -0.15) is 0 Å². The number of anilines is 1. The number of nitrogens with one attached hydrogen (secondary N) is 1. The van der Waals surface area contributed by atoms with Crippen LogP contribution in [0.2, 0.25) is 0 Å². The lowest BCUT2D eigenvalue weighted by Crippen LogP contribution is -2.23. The molecule has 0 aliphatic rings. The first-order valence-corrected chi connectivity index (χ1v) is 5.25. The van der Waals surface area contributed by atoms with Crippen LogP contribution in [0.25, 0.3) is 0 Å². The van der Waals surface area contributed by atoms with Crippen LogP contribution in [0.4, 0.5) is 5.69 Å². The summed E-state index contributed by atoms with van der Waals surface area (Å²) >= 11 is 0. The van der Waals surface area contributed by atoms with Crippen molar-refractivity contribution in [2.75, 3.05) is 32.1 Å². The molecule has 2 N–H and O–H groups in total. The molecule has 3 heteroatoms. The predicted octanol–water partition coefficient (Wildman–Crippen LogP) is 1.14. The third-order valence-electron chi connectivity index (χ3n) is 2.45. The van der Waals surface area contributed by atoms with E-state index in [4.69, 9.17) is 5.11 Å². The highest BCUT2D eigenvalue weighted by Gasteiger charge is 2.06. The summed E-state index contributed by atoms with van der Waals surface area (Å²) in [4.78, 5) is 2.08. The Hall–Kier alpha value is -1.06. The van der Waals surface area contributed by atoms with Crippen molar-refractivity contribution in [3.63, 3.8) is 0 Å². The molecule has 0 saturated heterocycles. The molecule has 0 aliphatic carbocycles. The Kier molecular flexibility index (Phi) is 4.59. The molecule has 1 rings (SSSR count). The van der Waals surface area contributed by atoms with E-state index in [0.717, 1.165) is 6.54 Å². The van der Waals surface area contributed by atoms with Gasteiger partial charge in [-0.3, -0.25) is 0 Å². The lowest BCUT2D eigenvalue weighted by atomic mass is 10.1. The SMILES string of the molecule is CNCc1cc(C)ccc1N(C)CCO. The topological polar surface area (TPSA) is 35.5 Å². The van der Waals surface area contributed by atoms with Crippen LogP contribution >= 0.6 is 0 Å². The minimum atomic E-state index is 0.184. The van der Waals surface area contributed by atoms with Crippen molar-refractivity contribution in [1.82, 2.24) is 5.32 Å². The summed E-state index contributed by atoms with van der Waals surface area (Å²) in [6, 6.07) is 6.39. The van der Waals surface area contributed by atoms with Crippen molar-refractivity contribution >= 4 is 5.69 Å². The van der Waals surface area contributed by atoms with Crippen LogP contribution in [0.1, 0.15) is 11.1 Å². The summed E-state index contributed by atoms with van der Waals surface area (Å²) in [5.41, 5.74) is 3.72. The number of rotatable bonds is 5. The van der Waals surface area contributed by atoms with Crippen LogP contribution in [0.15, 0.2) is 18.2 Å². The fraction of sp³-hybridized carbons (Fsp3) is 0.500. The molecule has 0 amide bonds. The maximum absolute atomic E-state index is 8.92. The quantitative estimate of drug-likeness (QED) is 0.762. The lowest BCUT2D eigenvalue weighted by Gasteiger charge is -2.22. The number of benzene rings is 1. The van der Waals surface area contributed by atoms with Crippen molar-refractivity contribution in [2.45, 2.75) is 13.5 Å². The number of hydrogen-bond acceptors (Lipinski definition) is 3. The van der Waals surface area contributed by atoms with Gasteiger partial charge >= 0.3 is 0 Å². The number of nitrogens with zero attached hydrogens (tertiary/aromatic N) is 1. The Morgan fingerprint density at radius 1 is 1.40 bits per heavy atom. The zero-order valence-corrected chi connectivity index (χ0v) is 9.75. The van der Waals surface area contributed by atoms with Gasteiger partial charge in [0.2, 0.25) is 0 Å². The standard InChI is InChI=1S/C12H20N2O/c1-10-4-5-12(14(3)6-7-15)11(8-10)9-13-2/h4-5,8,13,15H,6-7,9H2,1-3H3. The van der Waals surface area contributed by atoms with Crippen LogP contribution in [0.5, 0.6) is 0 Å². The predicted molar refractivity (Wildman–Crippen MR) is 64.3 cm³/mol. The highest BCUT2D eigenvalue weighted by Crippen LogP contribution is 2.20. The number of likely N-dealkylation sites (N-methyl/N-ethyl adjacent to an activating group) is 1. The van der Waals surface area contributed by atoms with Gasteiger partial charge in [0.25, 0.3) is 0 Å². The van der Waals surface area contributed by atoms with Gasteiger partial charge < -0.3 is 15.3 Å². The van der Waals surface area contributed by atoms with Gasteiger partial charge in [-0.1, -0.05) is 17.7 Å². The Morgan fingerprint density at radius 2 is 2.13 bits per heavy atom. The molecule has 0 aliphatic heterocycles. The average molecular weight is 208 g/mol. The molecule has 1 aromatic rings. The maximum Gasteiger partial charge on any atom is 0.0606 e. The van der Waals surface area contributed by atoms with Crippen LogP contribution in [-0.4, -0.2) is 32.4 Å². The fourth-order valence-corrected chi connectivity index (χ4v) is 1.69. The molecular formula is C12H20N2O. The van der Waals surface area contributed by atoms with E-state index < -0.39 is 0 Å². The van der Waals surface area contributed by atoms with E-state index >= 15 is 0 Å². The van der Waals surface area contributed by atoms with E-state index in [1.807, 2.05) is 14.1 Å². The van der Waals surface area contributed by atoms with E-state index in [2.05, 4.69) is 35.3 Å². The molecule has 0 bridgehead atoms. The van der Waals surface area contributed by atoms with Gasteiger partial charge in [0, 0.05) is 25.8 Å². The van der Waals surface area contributed by atoms with E-state index in [1.54, 1.807) is 0 Å². The van der Waals surface area contributed by atoms with Gasteiger partial charge in [-0.25, -0.2) is 0 Å². The van der Waals surface area contributed by atoms with Crippen LogP contribution in [0, 0.1) is 6.92 Å². The molecule has 0 radical (unpaired) electrons. The molecule has 15 heavy (non-hydrogen) atoms. The first-order chi connectivity index (χ1) is 7.19. The molecule has 0 spiro atoms. The molecule has 0 aromatic heterocycles. The summed E-state index contributed by atoms with van der Waals surface area (Å²) in [5, 5.41) is 12.1. The van der Waals surface area contributed by atoms with Crippen LogP contribution in [-0.2, 0) is 6.54 Å². The fourth-order valence-electron chi connectivity index (χ4n) is 1.69. The van der Waals surface area contributed by atoms with Crippen molar-refractivity contribution in [3.8, 4) is 0 Å². The normalized spacial score (nSPS) is 10.4. The van der Waals surface area contributed by atoms with Gasteiger partial charge in [0.05, 0.1) is 6.61 Å². The zero-order valence-electron chi connectivity index (χ0n) is 9.75. The Balaban J connectivity index is 2.93. The van der Waals surface area contributed by atoms with Crippen molar-refractivity contribution in [2.24, 2.45) is 0 Å². The smallest absolute Gasteiger partial charge is 0.0606 e. The van der Waals surface area contributed by atoms with E-state index in [0.29, 0.717) is 6.54 Å². The maximum atomic E-state index is 8.92. The molecule has 84 valence electrons. The molecule has 0 heterocycles. The number of aryl methyl sites for hydroxylation is 1. The van der Waals surface area contributed by atoms with Gasteiger partial charge in [0.1, 0.15) is 0 Å². The Labute approximate surface area is 91.7 Å². The minimum absolute atomic E-state index is 0.184. The van der Waals surface area contributed by atoms with E-state index in [-0.39, 0.29) is 6.61 Å². The number of aliphatic hydroxyl groups excluding tert-OH is 1. The van der Waals surface area contributed by atoms with Gasteiger partial charge in [-0.05, 0) is 25.6 Å². The lowest BCUT2D eigenvalue weighted by molar-refractivity contribution is 0.304. The summed E-state index contributed by atoms with van der Waals surface area (Å²) < 4.78 is 0. The summed E-state index contributed by atoms with van der Waals surface area (Å²) in [7, 11) is 3.94. The minimum Gasteiger partial charge on any atom is -0.395 e. The zero-order chi connectivity index (χ0) is 11.3. The molecule has 3 nitrogen and oxygen atoms in total. The summed E-state index contributed by atoms with van der Waals surface area (Å²) in [5.74, 6) is 0. The Bertz CT molecular complexity index is 312. The summed E-state index contributed by atoms with van der Waals surface area (Å²) in [6.07, 6.45) is 0. The first-order valence-electron chi connectivity index (χ1n) is 5.25. The van der Waals surface area contributed by atoms with Crippen LogP contribution < -0.4 is 10.2 Å². The highest BCUT2D eigenvalue weighted by atomic mass is 16.3. The largest absolute Gasteiger partial charge is 0.395 e. The van der Waals surface area contributed by atoms with E-state index in [1.165, 1.54) is 16.8 Å². The highest BCUT2D eigenvalue weighted by molar-refractivity contribution is 5.54. The average Bonchev–Trinajstić information content (AvgIpc) is 2.18. The van der Waals surface area contributed by atoms with Crippen molar-refractivity contribution < 1.29 is 5.11 Å². The van der Waals surface area contributed by atoms with Gasteiger partial charge in [0.15, 0.2) is 0 Å². The summed E-state index contributed by atoms with van der Waals surface area (Å²) in [6.45, 7) is 3.80. The molecular weight excluding hydrogens is 188 g/mol. The van der Waals surface area contributed by atoms with Crippen LogP contribution in [0.3, 0.4) is 0 Å². The van der Waals surface area contributed by atoms with Crippen molar-refractivity contribution in [3.05, 3.63) is 29.3 Å². The monoisotopic (exact) mass is 208 g/mol. The Morgan fingerprint density at radius 3 is 2.73 bits per heavy atom. The third kappa shape index (κ3) is 3.22. The third-order valence-corrected chi connectivity index (χ3v) is 2.45. The molecule has 0 fully saturated rings. The first kappa shape index (κ1) is 12.0. The van der Waals surface area contributed by atoms with Gasteiger partial charge in [-0.15, -0.1) is 0 Å². The second-order valence-corrected chi connectivity index (χ2v) is 3.81.